The van der Waals surface area contributed by atoms with E-state index in [4.69, 9.17) is 32.5 Å². The molecular weight excluding hydrogens is 470 g/mol. The number of hydrogen-bond donors (Lipinski definition) is 1. The number of benzene rings is 2. The lowest BCUT2D eigenvalue weighted by Gasteiger charge is -2.07. The van der Waals surface area contributed by atoms with Crippen molar-refractivity contribution >= 4 is 34.9 Å². The zero-order chi connectivity index (χ0) is 23.5. The number of carbonyl (C=O) groups is 1. The Morgan fingerprint density at radius 2 is 1.94 bits per heavy atom. The van der Waals surface area contributed by atoms with Crippen LogP contribution in [0.15, 0.2) is 53.2 Å². The highest BCUT2D eigenvalue weighted by Gasteiger charge is 2.22. The number of aryl methyl sites for hydroxylation is 2. The summed E-state index contributed by atoms with van der Waals surface area (Å²) in [5.74, 6) is 0.191. The van der Waals surface area contributed by atoms with Gasteiger partial charge in [-0.3, -0.25) is 9.48 Å². The molecule has 0 fully saturated rings. The molecule has 33 heavy (non-hydrogen) atoms. The van der Waals surface area contributed by atoms with Gasteiger partial charge in [-0.2, -0.15) is 5.10 Å². The minimum absolute atomic E-state index is 0.0414. The summed E-state index contributed by atoms with van der Waals surface area (Å²) in [5.41, 5.74) is 1.87. The summed E-state index contributed by atoms with van der Waals surface area (Å²) in [5, 5.41) is 11.1. The van der Waals surface area contributed by atoms with E-state index in [1.54, 1.807) is 13.0 Å². The van der Waals surface area contributed by atoms with Gasteiger partial charge in [-0.15, -0.1) is 0 Å². The Labute approximate surface area is 199 Å². The number of anilines is 1. The van der Waals surface area contributed by atoms with Crippen LogP contribution in [0.1, 0.15) is 32.9 Å². The third-order valence-corrected chi connectivity index (χ3v) is 5.53. The van der Waals surface area contributed by atoms with Crippen molar-refractivity contribution in [2.24, 2.45) is 0 Å². The minimum Gasteiger partial charge on any atom is -0.489 e. The molecule has 2 aromatic heterocycles. The Balaban J connectivity index is 1.49. The van der Waals surface area contributed by atoms with Crippen LogP contribution in [-0.4, -0.2) is 20.8 Å². The Morgan fingerprint density at radius 3 is 2.70 bits per heavy atom. The maximum Gasteiger partial charge on any atom is 0.279 e. The fourth-order valence-electron chi connectivity index (χ4n) is 3.18. The normalized spacial score (nSPS) is 10.9. The van der Waals surface area contributed by atoms with Crippen LogP contribution in [-0.2, 0) is 13.2 Å². The zero-order valence-corrected chi connectivity index (χ0v) is 19.2. The highest BCUT2D eigenvalue weighted by atomic mass is 35.5. The van der Waals surface area contributed by atoms with Gasteiger partial charge in [0.2, 0.25) is 0 Å². The standard InChI is InChI=1S/C23H19Cl2FN4O3/c1-13-5-3-6-15(9-13)32-12-17-14(2)33-29-21(17)23(31)27-22-19(25)11-30(28-22)10-16-18(24)7-4-8-20(16)26/h3-9,11H,10,12H2,1-2H3,(H,27,28,31). The van der Waals surface area contributed by atoms with Crippen molar-refractivity contribution in [1.82, 2.24) is 14.9 Å². The van der Waals surface area contributed by atoms with Gasteiger partial charge in [0.05, 0.1) is 12.1 Å². The number of nitrogens with one attached hydrogen (secondary N) is 1. The second-order valence-corrected chi connectivity index (χ2v) is 8.16. The topological polar surface area (TPSA) is 82.2 Å². The molecule has 0 saturated heterocycles. The van der Waals surface area contributed by atoms with Crippen molar-refractivity contribution < 1.29 is 18.4 Å². The fourth-order valence-corrected chi connectivity index (χ4v) is 3.60. The predicted octanol–water partition coefficient (Wildman–Crippen LogP) is 5.81. The molecule has 4 aromatic rings. The lowest BCUT2D eigenvalue weighted by molar-refractivity contribution is 0.101. The predicted molar refractivity (Wildman–Crippen MR) is 122 cm³/mol. The number of aromatic nitrogens is 3. The summed E-state index contributed by atoms with van der Waals surface area (Å²) in [6, 6.07) is 12.0. The van der Waals surface area contributed by atoms with E-state index in [0.717, 1.165) is 5.56 Å². The number of carbonyl (C=O) groups excluding carboxylic acids is 1. The van der Waals surface area contributed by atoms with E-state index in [1.807, 2.05) is 31.2 Å². The second kappa shape index (κ2) is 9.64. The summed E-state index contributed by atoms with van der Waals surface area (Å²) in [4.78, 5) is 12.9. The highest BCUT2D eigenvalue weighted by Crippen LogP contribution is 2.25. The molecule has 0 spiro atoms. The highest BCUT2D eigenvalue weighted by molar-refractivity contribution is 6.33. The van der Waals surface area contributed by atoms with Gasteiger partial charge in [0.15, 0.2) is 11.5 Å². The molecule has 0 aliphatic heterocycles. The molecule has 170 valence electrons. The van der Waals surface area contributed by atoms with E-state index in [0.29, 0.717) is 17.1 Å². The zero-order valence-electron chi connectivity index (χ0n) is 17.7. The van der Waals surface area contributed by atoms with E-state index in [2.05, 4.69) is 15.6 Å². The van der Waals surface area contributed by atoms with Crippen LogP contribution in [0.3, 0.4) is 0 Å². The SMILES string of the molecule is Cc1cccc(OCc2c(C(=O)Nc3nn(Cc4c(F)cccc4Cl)cc3Cl)noc2C)c1. The van der Waals surface area contributed by atoms with Crippen molar-refractivity contribution in [3.8, 4) is 5.75 Å². The summed E-state index contributed by atoms with van der Waals surface area (Å²) < 4.78 is 26.5. The quantitative estimate of drug-likeness (QED) is 0.354. The summed E-state index contributed by atoms with van der Waals surface area (Å²) in [7, 11) is 0. The van der Waals surface area contributed by atoms with Gasteiger partial charge in [-0.25, -0.2) is 4.39 Å². The first-order valence-electron chi connectivity index (χ1n) is 9.93. The first-order chi connectivity index (χ1) is 15.8. The number of rotatable bonds is 7. The molecule has 0 bridgehead atoms. The molecule has 0 saturated carbocycles. The average molecular weight is 489 g/mol. The summed E-state index contributed by atoms with van der Waals surface area (Å²) >= 11 is 12.3. The number of hydrogen-bond acceptors (Lipinski definition) is 5. The van der Waals surface area contributed by atoms with Crippen molar-refractivity contribution in [2.45, 2.75) is 27.0 Å². The lowest BCUT2D eigenvalue weighted by Crippen LogP contribution is -2.16. The van der Waals surface area contributed by atoms with Crippen LogP contribution >= 0.6 is 23.2 Å². The second-order valence-electron chi connectivity index (χ2n) is 7.35. The van der Waals surface area contributed by atoms with Crippen molar-refractivity contribution in [3.63, 3.8) is 0 Å². The molecule has 0 aliphatic carbocycles. The van der Waals surface area contributed by atoms with Crippen molar-refractivity contribution in [1.29, 1.82) is 0 Å². The van der Waals surface area contributed by atoms with Crippen LogP contribution < -0.4 is 10.1 Å². The van der Waals surface area contributed by atoms with Gasteiger partial charge in [0, 0.05) is 16.8 Å². The monoisotopic (exact) mass is 488 g/mol. The van der Waals surface area contributed by atoms with Gasteiger partial charge in [-0.1, -0.05) is 46.6 Å². The van der Waals surface area contributed by atoms with Crippen LogP contribution in [0, 0.1) is 19.7 Å². The molecule has 7 nitrogen and oxygen atoms in total. The first-order valence-corrected chi connectivity index (χ1v) is 10.7. The van der Waals surface area contributed by atoms with Crippen molar-refractivity contribution in [2.75, 3.05) is 5.32 Å². The molecule has 2 heterocycles. The van der Waals surface area contributed by atoms with Gasteiger partial charge in [0.25, 0.3) is 5.91 Å². The third-order valence-electron chi connectivity index (χ3n) is 4.90. The Hall–Kier alpha value is -3.36. The van der Waals surface area contributed by atoms with Gasteiger partial charge >= 0.3 is 0 Å². The number of ether oxygens (including phenoxy) is 1. The smallest absolute Gasteiger partial charge is 0.279 e. The fraction of sp³-hybridized carbons (Fsp3) is 0.174. The molecule has 1 N–H and O–H groups in total. The van der Waals surface area contributed by atoms with Crippen LogP contribution in [0.4, 0.5) is 10.2 Å². The van der Waals surface area contributed by atoms with Gasteiger partial charge < -0.3 is 14.6 Å². The van der Waals surface area contributed by atoms with E-state index in [1.165, 1.54) is 23.0 Å². The molecule has 2 aromatic carbocycles. The molecular formula is C23H19Cl2FN4O3. The van der Waals surface area contributed by atoms with E-state index in [-0.39, 0.29) is 40.3 Å². The maximum atomic E-state index is 14.1. The molecule has 1 amide bonds. The van der Waals surface area contributed by atoms with Crippen LogP contribution in [0.5, 0.6) is 5.75 Å². The average Bonchev–Trinajstić information content (AvgIpc) is 3.31. The molecule has 10 heteroatoms. The largest absolute Gasteiger partial charge is 0.489 e. The molecule has 0 atom stereocenters. The number of amides is 1. The number of halogens is 3. The van der Waals surface area contributed by atoms with E-state index in [9.17, 15) is 9.18 Å². The summed E-state index contributed by atoms with van der Waals surface area (Å²) in [6.45, 7) is 3.78. The molecule has 0 unspecified atom stereocenters. The van der Waals surface area contributed by atoms with Gasteiger partial charge in [-0.05, 0) is 43.7 Å². The molecule has 0 radical (unpaired) electrons. The maximum absolute atomic E-state index is 14.1. The Kier molecular flexibility index (Phi) is 6.67. The number of nitrogens with zero attached hydrogens (tertiary/aromatic N) is 3. The Bertz CT molecular complexity index is 1300. The van der Waals surface area contributed by atoms with E-state index < -0.39 is 11.7 Å². The van der Waals surface area contributed by atoms with E-state index >= 15 is 0 Å². The molecule has 4 rings (SSSR count). The minimum atomic E-state index is -0.564. The first kappa shape index (κ1) is 22.8. The summed E-state index contributed by atoms with van der Waals surface area (Å²) in [6.07, 6.45) is 1.47. The lowest BCUT2D eigenvalue weighted by atomic mass is 10.2. The van der Waals surface area contributed by atoms with Gasteiger partial charge in [0.1, 0.15) is 29.0 Å². The Morgan fingerprint density at radius 1 is 1.15 bits per heavy atom. The van der Waals surface area contributed by atoms with Crippen LogP contribution in [0.25, 0.3) is 0 Å². The molecule has 0 aliphatic rings. The van der Waals surface area contributed by atoms with Crippen molar-refractivity contribution in [3.05, 3.63) is 92.7 Å². The third kappa shape index (κ3) is 5.18. The van der Waals surface area contributed by atoms with Crippen LogP contribution in [0.2, 0.25) is 10.0 Å².